The van der Waals surface area contributed by atoms with Crippen molar-refractivity contribution in [2.75, 3.05) is 0 Å². The van der Waals surface area contributed by atoms with Crippen LogP contribution >= 0.6 is 0 Å². The number of rotatable bonds is 6. The summed E-state index contributed by atoms with van der Waals surface area (Å²) in [6.07, 6.45) is 10.8. The number of allylic oxidation sites excluding steroid dienone is 3. The summed E-state index contributed by atoms with van der Waals surface area (Å²) in [5, 5.41) is 0. The van der Waals surface area contributed by atoms with Gasteiger partial charge in [-0.05, 0) is 43.7 Å². The van der Waals surface area contributed by atoms with Gasteiger partial charge in [0.2, 0.25) is 0 Å². The van der Waals surface area contributed by atoms with Crippen LogP contribution < -0.4 is 0 Å². The summed E-state index contributed by atoms with van der Waals surface area (Å²) in [6, 6.07) is 8.73. The lowest BCUT2D eigenvalue weighted by Gasteiger charge is -2.10. The third-order valence-corrected chi connectivity index (χ3v) is 3.28. The second-order valence-electron chi connectivity index (χ2n) is 5.12. The van der Waals surface area contributed by atoms with E-state index in [2.05, 4.69) is 51.6 Å². The second-order valence-corrected chi connectivity index (χ2v) is 5.12. The highest BCUT2D eigenvalue weighted by Crippen LogP contribution is 2.16. The molecule has 1 rings (SSSR count). The molecule has 19 heavy (non-hydrogen) atoms. The molecule has 0 amide bonds. The summed E-state index contributed by atoms with van der Waals surface area (Å²) in [4.78, 5) is 0. The second kappa shape index (κ2) is 11.8. The quantitative estimate of drug-likeness (QED) is 0.540. The lowest BCUT2D eigenvalue weighted by atomic mass is 9.95. The van der Waals surface area contributed by atoms with Crippen LogP contribution in [0.4, 0.5) is 0 Å². The van der Waals surface area contributed by atoms with E-state index in [1.807, 2.05) is 19.1 Å². The molecule has 0 bridgehead atoms. The van der Waals surface area contributed by atoms with Crippen molar-refractivity contribution in [3.05, 3.63) is 60.2 Å². The molecule has 0 aliphatic heterocycles. The van der Waals surface area contributed by atoms with Gasteiger partial charge in [-0.25, -0.2) is 0 Å². The monoisotopic (exact) mass is 258 g/mol. The molecule has 0 spiro atoms. The van der Waals surface area contributed by atoms with Crippen molar-refractivity contribution >= 4 is 0 Å². The third kappa shape index (κ3) is 9.30. The number of hydrogen-bond acceptors (Lipinski definition) is 0. The Morgan fingerprint density at radius 2 is 1.89 bits per heavy atom. The van der Waals surface area contributed by atoms with E-state index in [4.69, 9.17) is 0 Å². The van der Waals surface area contributed by atoms with E-state index >= 15 is 0 Å². The zero-order valence-electron chi connectivity index (χ0n) is 13.2. The summed E-state index contributed by atoms with van der Waals surface area (Å²) in [5.41, 5.74) is 2.96. The van der Waals surface area contributed by atoms with Crippen molar-refractivity contribution in [2.24, 2.45) is 5.92 Å². The third-order valence-electron chi connectivity index (χ3n) is 3.28. The van der Waals surface area contributed by atoms with Gasteiger partial charge in [0.05, 0.1) is 0 Å². The molecular weight excluding hydrogens is 228 g/mol. The molecule has 0 nitrogen and oxygen atoms in total. The van der Waals surface area contributed by atoms with Crippen molar-refractivity contribution in [3.8, 4) is 0 Å². The Balaban J connectivity index is 0.000000555. The molecule has 106 valence electrons. The van der Waals surface area contributed by atoms with E-state index in [9.17, 15) is 0 Å². The van der Waals surface area contributed by atoms with Gasteiger partial charge in [-0.3, -0.25) is 0 Å². The van der Waals surface area contributed by atoms with Crippen LogP contribution in [-0.2, 0) is 6.42 Å². The minimum absolute atomic E-state index is 0.875. The van der Waals surface area contributed by atoms with Crippen molar-refractivity contribution in [3.63, 3.8) is 0 Å². The molecular formula is C19H30. The molecule has 0 fully saturated rings. The molecule has 0 aliphatic carbocycles. The van der Waals surface area contributed by atoms with Gasteiger partial charge in [0.25, 0.3) is 0 Å². The molecule has 1 aromatic carbocycles. The normalized spacial score (nSPS) is 11.8. The lowest BCUT2D eigenvalue weighted by molar-refractivity contribution is 0.486. The molecule has 0 aromatic heterocycles. The molecule has 1 aromatic rings. The summed E-state index contributed by atoms with van der Waals surface area (Å²) in [7, 11) is 0. The Morgan fingerprint density at radius 3 is 2.37 bits per heavy atom. The van der Waals surface area contributed by atoms with E-state index in [0.29, 0.717) is 0 Å². The first kappa shape index (κ1) is 17.7. The number of hydrogen-bond donors (Lipinski definition) is 0. The molecule has 0 aliphatic rings. The SMILES string of the molecule is C=C/C=C\C.CCCC(C)CCc1ccccc1C. The number of aryl methyl sites for hydroxylation is 2. The van der Waals surface area contributed by atoms with E-state index < -0.39 is 0 Å². The van der Waals surface area contributed by atoms with Gasteiger partial charge in [-0.2, -0.15) is 0 Å². The Kier molecular flexibility index (Phi) is 11.0. The highest BCUT2D eigenvalue weighted by atomic mass is 14.1. The van der Waals surface area contributed by atoms with Gasteiger partial charge in [0.1, 0.15) is 0 Å². The van der Waals surface area contributed by atoms with Crippen molar-refractivity contribution in [1.82, 2.24) is 0 Å². The average Bonchev–Trinajstić information content (AvgIpc) is 2.40. The van der Waals surface area contributed by atoms with E-state index in [1.165, 1.54) is 36.8 Å². The fraction of sp³-hybridized carbons (Fsp3) is 0.474. The van der Waals surface area contributed by atoms with Gasteiger partial charge in [0.15, 0.2) is 0 Å². The molecule has 0 N–H and O–H groups in total. The topological polar surface area (TPSA) is 0 Å². The van der Waals surface area contributed by atoms with Crippen molar-refractivity contribution in [1.29, 1.82) is 0 Å². The van der Waals surface area contributed by atoms with Gasteiger partial charge in [0, 0.05) is 0 Å². The molecule has 0 saturated carbocycles. The predicted octanol–water partition coefficient (Wildman–Crippen LogP) is 6.11. The molecule has 1 unspecified atom stereocenters. The van der Waals surface area contributed by atoms with Crippen LogP contribution in [0.5, 0.6) is 0 Å². The molecule has 0 heterocycles. The van der Waals surface area contributed by atoms with Crippen LogP contribution in [0.15, 0.2) is 49.1 Å². The lowest BCUT2D eigenvalue weighted by Crippen LogP contribution is -1.98. The fourth-order valence-electron chi connectivity index (χ4n) is 2.07. The Hall–Kier alpha value is -1.30. The van der Waals surface area contributed by atoms with Crippen molar-refractivity contribution < 1.29 is 0 Å². The van der Waals surface area contributed by atoms with Crippen LogP contribution in [0.3, 0.4) is 0 Å². The van der Waals surface area contributed by atoms with Gasteiger partial charge in [-0.15, -0.1) is 0 Å². The van der Waals surface area contributed by atoms with Gasteiger partial charge in [-0.1, -0.05) is 75.8 Å². The highest BCUT2D eigenvalue weighted by Gasteiger charge is 2.02. The smallest absolute Gasteiger partial charge is 0.0274 e. The minimum Gasteiger partial charge on any atom is -0.0991 e. The minimum atomic E-state index is 0.875. The maximum Gasteiger partial charge on any atom is -0.0274 e. The van der Waals surface area contributed by atoms with E-state index in [0.717, 1.165) is 5.92 Å². The van der Waals surface area contributed by atoms with Crippen LogP contribution in [0.1, 0.15) is 51.2 Å². The Morgan fingerprint density at radius 1 is 1.21 bits per heavy atom. The van der Waals surface area contributed by atoms with E-state index in [1.54, 1.807) is 6.08 Å². The Labute approximate surface area is 120 Å². The first-order valence-corrected chi connectivity index (χ1v) is 7.43. The zero-order valence-corrected chi connectivity index (χ0v) is 13.2. The predicted molar refractivity (Wildman–Crippen MR) is 88.6 cm³/mol. The summed E-state index contributed by atoms with van der Waals surface area (Å²) in [6.45, 7) is 12.3. The van der Waals surface area contributed by atoms with Crippen LogP contribution in [0.2, 0.25) is 0 Å². The molecule has 0 heteroatoms. The molecule has 0 saturated heterocycles. The summed E-state index contributed by atoms with van der Waals surface area (Å²) in [5.74, 6) is 0.875. The standard InChI is InChI=1S/C14H22.C5H8/c1-4-7-12(2)10-11-14-9-6-5-8-13(14)3;1-3-5-4-2/h5-6,8-9,12H,4,7,10-11H2,1-3H3;3-5H,1H2,2H3/b;5-4-. The Bertz CT molecular complexity index is 360. The largest absolute Gasteiger partial charge is 0.0991 e. The van der Waals surface area contributed by atoms with Gasteiger partial charge < -0.3 is 0 Å². The first-order valence-electron chi connectivity index (χ1n) is 7.43. The van der Waals surface area contributed by atoms with E-state index in [-0.39, 0.29) is 0 Å². The highest BCUT2D eigenvalue weighted by molar-refractivity contribution is 5.25. The van der Waals surface area contributed by atoms with Crippen molar-refractivity contribution in [2.45, 2.75) is 53.4 Å². The maximum atomic E-state index is 3.46. The summed E-state index contributed by atoms with van der Waals surface area (Å²) >= 11 is 0. The summed E-state index contributed by atoms with van der Waals surface area (Å²) < 4.78 is 0. The maximum absolute atomic E-state index is 3.46. The van der Waals surface area contributed by atoms with Crippen LogP contribution in [0, 0.1) is 12.8 Å². The first-order chi connectivity index (χ1) is 9.15. The molecule has 1 atom stereocenters. The number of benzene rings is 1. The van der Waals surface area contributed by atoms with Gasteiger partial charge >= 0.3 is 0 Å². The fourth-order valence-corrected chi connectivity index (χ4v) is 2.07. The van der Waals surface area contributed by atoms with Crippen LogP contribution in [-0.4, -0.2) is 0 Å². The average molecular weight is 258 g/mol. The zero-order chi connectivity index (χ0) is 14.5. The molecule has 0 radical (unpaired) electrons. The van der Waals surface area contributed by atoms with Crippen LogP contribution in [0.25, 0.3) is 0 Å².